The van der Waals surface area contributed by atoms with Gasteiger partial charge in [0, 0.05) is 18.3 Å². The Kier molecular flexibility index (Phi) is 3.62. The van der Waals surface area contributed by atoms with E-state index in [1.54, 1.807) is 0 Å². The van der Waals surface area contributed by atoms with Crippen molar-refractivity contribution in [3.8, 4) is 0 Å². The van der Waals surface area contributed by atoms with Crippen LogP contribution in [0.5, 0.6) is 0 Å². The van der Waals surface area contributed by atoms with Gasteiger partial charge in [-0.3, -0.25) is 0 Å². The molecular weight excluding hydrogens is 184 g/mol. The molecule has 0 bridgehead atoms. The van der Waals surface area contributed by atoms with Crippen LogP contribution < -0.4 is 11.1 Å². The second-order valence-corrected chi connectivity index (χ2v) is 4.34. The van der Waals surface area contributed by atoms with Gasteiger partial charge >= 0.3 is 0 Å². The first-order chi connectivity index (χ1) is 7.40. The van der Waals surface area contributed by atoms with Gasteiger partial charge in [-0.15, -0.1) is 0 Å². The lowest BCUT2D eigenvalue weighted by atomic mass is 9.95. The van der Waals surface area contributed by atoms with Gasteiger partial charge in [0.1, 0.15) is 0 Å². The van der Waals surface area contributed by atoms with E-state index in [-0.39, 0.29) is 0 Å². The summed E-state index contributed by atoms with van der Waals surface area (Å²) >= 11 is 0. The lowest BCUT2D eigenvalue weighted by Crippen LogP contribution is -2.23. The molecule has 82 valence electrons. The van der Waals surface area contributed by atoms with Crippen LogP contribution >= 0.6 is 0 Å². The quantitative estimate of drug-likeness (QED) is 0.794. The van der Waals surface area contributed by atoms with E-state index in [1.165, 1.54) is 43.4 Å². The summed E-state index contributed by atoms with van der Waals surface area (Å²) in [6, 6.07) is 9.02. The Labute approximate surface area is 91.9 Å². The molecule has 0 amide bonds. The third-order valence-electron chi connectivity index (χ3n) is 3.20. The molecule has 1 aromatic rings. The molecular formula is C13H20N2. The van der Waals surface area contributed by atoms with Crippen molar-refractivity contribution in [3.05, 3.63) is 29.8 Å². The Morgan fingerprint density at radius 1 is 1.13 bits per heavy atom. The Morgan fingerprint density at radius 2 is 1.87 bits per heavy atom. The van der Waals surface area contributed by atoms with Crippen LogP contribution in [0.15, 0.2) is 24.3 Å². The fourth-order valence-electron chi connectivity index (χ4n) is 2.31. The summed E-state index contributed by atoms with van der Waals surface area (Å²) in [5.74, 6) is 0. The van der Waals surface area contributed by atoms with Crippen molar-refractivity contribution in [1.29, 1.82) is 0 Å². The number of rotatable bonds is 3. The fraction of sp³-hybridized carbons (Fsp3) is 0.538. The minimum atomic E-state index is 0.621. The second kappa shape index (κ2) is 5.17. The first-order valence-corrected chi connectivity index (χ1v) is 5.94. The van der Waals surface area contributed by atoms with Crippen LogP contribution in [0.25, 0.3) is 0 Å². The predicted octanol–water partition coefficient (Wildman–Crippen LogP) is 2.89. The molecule has 0 spiro atoms. The Hall–Kier alpha value is -1.02. The highest BCUT2D eigenvalue weighted by Crippen LogP contribution is 2.23. The molecule has 0 heterocycles. The van der Waals surface area contributed by atoms with Crippen LogP contribution in [-0.2, 0) is 6.54 Å². The maximum Gasteiger partial charge on any atom is 0.0387 e. The first-order valence-electron chi connectivity index (χ1n) is 5.94. The van der Waals surface area contributed by atoms with E-state index < -0.39 is 0 Å². The molecule has 0 radical (unpaired) electrons. The maximum absolute atomic E-state index is 5.72. The topological polar surface area (TPSA) is 38.0 Å². The summed E-state index contributed by atoms with van der Waals surface area (Å²) in [5, 5.41) is 3.62. The molecule has 1 aliphatic carbocycles. The van der Waals surface area contributed by atoms with E-state index in [4.69, 9.17) is 5.73 Å². The normalized spacial score (nSPS) is 17.7. The van der Waals surface area contributed by atoms with Crippen LogP contribution in [0, 0.1) is 0 Å². The SMILES string of the molecule is NCc1ccccc1NC1CCCCC1. The summed E-state index contributed by atoms with van der Waals surface area (Å²) in [6.07, 6.45) is 6.74. The van der Waals surface area contributed by atoms with Crippen LogP contribution in [0.2, 0.25) is 0 Å². The molecule has 1 aromatic carbocycles. The number of nitrogens with one attached hydrogen (secondary N) is 1. The van der Waals surface area contributed by atoms with Crippen molar-refractivity contribution in [2.24, 2.45) is 5.73 Å². The zero-order valence-electron chi connectivity index (χ0n) is 9.21. The monoisotopic (exact) mass is 204 g/mol. The van der Waals surface area contributed by atoms with Gasteiger partial charge in [0.15, 0.2) is 0 Å². The third kappa shape index (κ3) is 2.72. The van der Waals surface area contributed by atoms with Gasteiger partial charge in [-0.25, -0.2) is 0 Å². The van der Waals surface area contributed by atoms with Crippen LogP contribution in [0.3, 0.4) is 0 Å². The summed E-state index contributed by atoms with van der Waals surface area (Å²) in [5.41, 5.74) is 8.17. The van der Waals surface area contributed by atoms with Gasteiger partial charge in [0.05, 0.1) is 0 Å². The van der Waals surface area contributed by atoms with Gasteiger partial charge in [-0.05, 0) is 24.5 Å². The zero-order chi connectivity index (χ0) is 10.5. The first kappa shape index (κ1) is 10.5. The van der Waals surface area contributed by atoms with Crippen molar-refractivity contribution in [1.82, 2.24) is 0 Å². The molecule has 2 rings (SSSR count). The van der Waals surface area contributed by atoms with Crippen molar-refractivity contribution in [2.45, 2.75) is 44.7 Å². The molecule has 1 aliphatic rings. The number of hydrogen-bond acceptors (Lipinski definition) is 2. The molecule has 0 aliphatic heterocycles. The highest BCUT2D eigenvalue weighted by Gasteiger charge is 2.13. The smallest absolute Gasteiger partial charge is 0.0387 e. The number of nitrogens with two attached hydrogens (primary N) is 1. The lowest BCUT2D eigenvalue weighted by Gasteiger charge is -2.25. The van der Waals surface area contributed by atoms with Crippen LogP contribution in [0.4, 0.5) is 5.69 Å². The van der Waals surface area contributed by atoms with Crippen molar-refractivity contribution in [2.75, 3.05) is 5.32 Å². The van der Waals surface area contributed by atoms with Gasteiger partial charge in [0.2, 0.25) is 0 Å². The molecule has 1 fully saturated rings. The minimum absolute atomic E-state index is 0.621. The average Bonchev–Trinajstić information content (AvgIpc) is 2.31. The van der Waals surface area contributed by atoms with E-state index in [1.807, 2.05) is 6.07 Å². The van der Waals surface area contributed by atoms with E-state index >= 15 is 0 Å². The van der Waals surface area contributed by atoms with Gasteiger partial charge in [-0.1, -0.05) is 37.5 Å². The van der Waals surface area contributed by atoms with Crippen LogP contribution in [0.1, 0.15) is 37.7 Å². The van der Waals surface area contributed by atoms with E-state index in [9.17, 15) is 0 Å². The van der Waals surface area contributed by atoms with Crippen molar-refractivity contribution < 1.29 is 0 Å². The summed E-state index contributed by atoms with van der Waals surface area (Å²) in [7, 11) is 0. The third-order valence-corrected chi connectivity index (χ3v) is 3.20. The number of anilines is 1. The van der Waals surface area contributed by atoms with E-state index in [0.29, 0.717) is 12.6 Å². The van der Waals surface area contributed by atoms with Gasteiger partial charge in [0.25, 0.3) is 0 Å². The fourth-order valence-corrected chi connectivity index (χ4v) is 2.31. The second-order valence-electron chi connectivity index (χ2n) is 4.34. The molecule has 0 aromatic heterocycles. The minimum Gasteiger partial charge on any atom is -0.382 e. The molecule has 15 heavy (non-hydrogen) atoms. The molecule has 1 saturated carbocycles. The summed E-state index contributed by atoms with van der Waals surface area (Å²) in [6.45, 7) is 0.621. The zero-order valence-corrected chi connectivity index (χ0v) is 9.21. The lowest BCUT2D eigenvalue weighted by molar-refractivity contribution is 0.462. The highest BCUT2D eigenvalue weighted by atomic mass is 14.9. The van der Waals surface area contributed by atoms with Gasteiger partial charge < -0.3 is 11.1 Å². The Bertz CT molecular complexity index is 303. The summed E-state index contributed by atoms with van der Waals surface area (Å²) in [4.78, 5) is 0. The number of hydrogen-bond donors (Lipinski definition) is 2. The number of para-hydroxylation sites is 1. The average molecular weight is 204 g/mol. The molecule has 0 unspecified atom stereocenters. The Balaban J connectivity index is 2.02. The standard InChI is InChI=1S/C13H20N2/c14-10-11-6-4-5-9-13(11)15-12-7-2-1-3-8-12/h4-6,9,12,15H,1-3,7-8,10,14H2. The largest absolute Gasteiger partial charge is 0.382 e. The predicted molar refractivity (Wildman–Crippen MR) is 64.8 cm³/mol. The Morgan fingerprint density at radius 3 is 2.60 bits per heavy atom. The molecule has 2 nitrogen and oxygen atoms in total. The van der Waals surface area contributed by atoms with E-state index in [2.05, 4.69) is 23.5 Å². The molecule has 3 N–H and O–H groups in total. The van der Waals surface area contributed by atoms with Crippen molar-refractivity contribution in [3.63, 3.8) is 0 Å². The molecule has 0 saturated heterocycles. The maximum atomic E-state index is 5.72. The molecule has 0 atom stereocenters. The van der Waals surface area contributed by atoms with E-state index in [0.717, 1.165) is 0 Å². The number of benzene rings is 1. The molecule has 2 heteroatoms. The van der Waals surface area contributed by atoms with Crippen molar-refractivity contribution >= 4 is 5.69 Å². The van der Waals surface area contributed by atoms with Gasteiger partial charge in [-0.2, -0.15) is 0 Å². The summed E-state index contributed by atoms with van der Waals surface area (Å²) < 4.78 is 0. The highest BCUT2D eigenvalue weighted by molar-refractivity contribution is 5.51. The van der Waals surface area contributed by atoms with Crippen LogP contribution in [-0.4, -0.2) is 6.04 Å².